The average Bonchev–Trinajstić information content (AvgIpc) is 3.48. The van der Waals surface area contributed by atoms with Crippen molar-refractivity contribution in [1.82, 2.24) is 14.8 Å². The number of aryl methyl sites for hydroxylation is 1. The molecular formula is C27H27ClN4O4S2. The molecule has 4 aromatic rings. The number of nitrogens with one attached hydrogen (secondary N) is 1. The van der Waals surface area contributed by atoms with Crippen LogP contribution in [-0.2, 0) is 16.1 Å². The number of carbonyl (C=O) groups is 2. The predicted octanol–water partition coefficient (Wildman–Crippen LogP) is 6.65. The maximum Gasteiger partial charge on any atom is 0.341 e. The molecule has 0 radical (unpaired) electrons. The normalized spacial score (nSPS) is 11.7. The summed E-state index contributed by atoms with van der Waals surface area (Å²) in [6.07, 6.45) is -0.404. The fraction of sp³-hybridized carbons (Fsp3) is 0.259. The minimum atomic E-state index is -0.501. The Labute approximate surface area is 234 Å². The quantitative estimate of drug-likeness (QED) is 0.168. The van der Waals surface area contributed by atoms with Crippen molar-refractivity contribution in [2.75, 3.05) is 18.2 Å². The summed E-state index contributed by atoms with van der Waals surface area (Å²) < 4.78 is 12.9. The highest BCUT2D eigenvalue weighted by atomic mass is 35.5. The van der Waals surface area contributed by atoms with Crippen LogP contribution in [0.2, 0.25) is 5.02 Å². The monoisotopic (exact) mass is 570 g/mol. The van der Waals surface area contributed by atoms with Crippen LogP contribution in [0.3, 0.4) is 0 Å². The highest BCUT2D eigenvalue weighted by molar-refractivity contribution is 7.99. The fourth-order valence-electron chi connectivity index (χ4n) is 3.96. The molecule has 2 aromatic carbocycles. The van der Waals surface area contributed by atoms with E-state index in [-0.39, 0.29) is 11.7 Å². The number of esters is 1. The van der Waals surface area contributed by atoms with Crippen LogP contribution in [0.4, 0.5) is 5.00 Å². The topological polar surface area (TPSA) is 95.3 Å². The Balaban J connectivity index is 1.48. The number of methoxy groups -OCH3 is 1. The highest BCUT2D eigenvalue weighted by Gasteiger charge is 2.26. The van der Waals surface area contributed by atoms with Crippen LogP contribution in [0.5, 0.6) is 5.75 Å². The number of thiophene rings is 1. The highest BCUT2D eigenvalue weighted by Crippen LogP contribution is 2.40. The molecule has 0 aliphatic rings. The van der Waals surface area contributed by atoms with E-state index in [2.05, 4.69) is 15.5 Å². The number of carbonyl (C=O) groups excluding carboxylic acids is 2. The van der Waals surface area contributed by atoms with Crippen LogP contribution in [-0.4, -0.2) is 39.5 Å². The van der Waals surface area contributed by atoms with Gasteiger partial charge in [0.2, 0.25) is 5.91 Å². The molecule has 0 saturated heterocycles. The lowest BCUT2D eigenvalue weighted by Crippen LogP contribution is -2.17. The zero-order valence-corrected chi connectivity index (χ0v) is 23.7. The van der Waals surface area contributed by atoms with Gasteiger partial charge in [0.15, 0.2) is 17.1 Å². The summed E-state index contributed by atoms with van der Waals surface area (Å²) in [5.41, 5.74) is 1.99. The average molecular weight is 571 g/mol. The molecule has 8 nitrogen and oxygen atoms in total. The molecule has 11 heteroatoms. The number of hydrogen-bond donors (Lipinski definition) is 1. The molecule has 2 aromatic heterocycles. The maximum absolute atomic E-state index is 13.0. The van der Waals surface area contributed by atoms with Gasteiger partial charge in [0.25, 0.3) is 0 Å². The Kier molecular flexibility index (Phi) is 9.09. The van der Waals surface area contributed by atoms with Crippen LogP contribution >= 0.6 is 34.7 Å². The second kappa shape index (κ2) is 12.5. The summed E-state index contributed by atoms with van der Waals surface area (Å²) in [5.74, 6) is 0.497. The van der Waals surface area contributed by atoms with Crippen molar-refractivity contribution in [1.29, 1.82) is 0 Å². The third-order valence-electron chi connectivity index (χ3n) is 5.69. The van der Waals surface area contributed by atoms with Gasteiger partial charge in [-0.25, -0.2) is 4.79 Å². The summed E-state index contributed by atoms with van der Waals surface area (Å²) in [5, 5.41) is 13.0. The summed E-state index contributed by atoms with van der Waals surface area (Å²) in [4.78, 5) is 26.5. The lowest BCUT2D eigenvalue weighted by molar-refractivity contribution is -0.113. The number of rotatable bonds is 10. The van der Waals surface area contributed by atoms with Gasteiger partial charge in [-0.05, 0) is 38.5 Å². The number of ether oxygens (including phenoxy) is 2. The van der Waals surface area contributed by atoms with Crippen LogP contribution in [0.15, 0.2) is 59.8 Å². The van der Waals surface area contributed by atoms with Crippen LogP contribution in [0, 0.1) is 6.92 Å². The molecule has 0 fully saturated rings. The Hall–Kier alpha value is -3.34. The number of nitrogens with zero attached hydrogens (tertiary/aromatic N) is 3. The standard InChI is InChI=1S/C27H27ClN4O4S2/c1-5-32-24(16(2)36-20-14-10-9-13-19(20)28)30-31-27(32)37-15-21(33)29-25-23(26(34)35-4)22(17(3)38-25)18-11-7-6-8-12-18/h6-14,16H,5,15H2,1-4H3,(H,29,33). The van der Waals surface area contributed by atoms with Crippen molar-refractivity contribution in [2.45, 2.75) is 38.6 Å². The van der Waals surface area contributed by atoms with E-state index in [9.17, 15) is 9.59 Å². The van der Waals surface area contributed by atoms with Crippen molar-refractivity contribution in [3.05, 3.63) is 75.9 Å². The van der Waals surface area contributed by atoms with Gasteiger partial charge in [-0.1, -0.05) is 65.8 Å². The predicted molar refractivity (Wildman–Crippen MR) is 151 cm³/mol. The van der Waals surface area contributed by atoms with Gasteiger partial charge in [-0.15, -0.1) is 21.5 Å². The van der Waals surface area contributed by atoms with Crippen molar-refractivity contribution < 1.29 is 19.1 Å². The molecule has 1 atom stereocenters. The molecule has 0 spiro atoms. The van der Waals surface area contributed by atoms with E-state index in [0.29, 0.717) is 38.9 Å². The van der Waals surface area contributed by atoms with Gasteiger partial charge >= 0.3 is 5.97 Å². The number of hydrogen-bond acceptors (Lipinski definition) is 8. The van der Waals surface area contributed by atoms with E-state index < -0.39 is 12.1 Å². The van der Waals surface area contributed by atoms with E-state index in [1.807, 2.05) is 67.8 Å². The molecule has 1 N–H and O–H groups in total. The lowest BCUT2D eigenvalue weighted by atomic mass is 10.0. The summed E-state index contributed by atoms with van der Waals surface area (Å²) in [7, 11) is 1.33. The summed E-state index contributed by atoms with van der Waals surface area (Å²) in [6.45, 7) is 6.36. The largest absolute Gasteiger partial charge is 0.481 e. The molecule has 0 aliphatic carbocycles. The molecule has 0 aliphatic heterocycles. The maximum atomic E-state index is 13.0. The Morgan fingerprint density at radius 1 is 1.13 bits per heavy atom. The van der Waals surface area contributed by atoms with Crippen molar-refractivity contribution >= 4 is 51.6 Å². The zero-order valence-electron chi connectivity index (χ0n) is 21.4. The molecular weight excluding hydrogens is 544 g/mol. The van der Waals surface area contributed by atoms with Gasteiger partial charge in [0.05, 0.1) is 17.9 Å². The number of halogens is 1. The van der Waals surface area contributed by atoms with E-state index >= 15 is 0 Å². The number of aromatic nitrogens is 3. The molecule has 198 valence electrons. The molecule has 2 heterocycles. The van der Waals surface area contributed by atoms with Gasteiger partial charge in [0, 0.05) is 17.0 Å². The third kappa shape index (κ3) is 6.03. The van der Waals surface area contributed by atoms with Gasteiger partial charge < -0.3 is 19.4 Å². The minimum absolute atomic E-state index is 0.0795. The zero-order chi connectivity index (χ0) is 27.2. The van der Waals surface area contributed by atoms with Gasteiger partial charge in [0.1, 0.15) is 16.3 Å². The fourth-order valence-corrected chi connectivity index (χ4v) is 6.03. The van der Waals surface area contributed by atoms with Gasteiger partial charge in [-0.2, -0.15) is 0 Å². The number of thioether (sulfide) groups is 1. The van der Waals surface area contributed by atoms with Crippen LogP contribution in [0.1, 0.15) is 41.0 Å². The molecule has 4 rings (SSSR count). The lowest BCUT2D eigenvalue weighted by Gasteiger charge is -2.16. The van der Waals surface area contributed by atoms with E-state index in [0.717, 1.165) is 16.0 Å². The first-order chi connectivity index (χ1) is 18.3. The molecule has 0 saturated carbocycles. The van der Waals surface area contributed by atoms with E-state index in [1.165, 1.54) is 30.2 Å². The first-order valence-electron chi connectivity index (χ1n) is 11.9. The van der Waals surface area contributed by atoms with Crippen molar-refractivity contribution in [3.8, 4) is 16.9 Å². The second-order valence-electron chi connectivity index (χ2n) is 8.21. The van der Waals surface area contributed by atoms with Crippen molar-refractivity contribution in [3.63, 3.8) is 0 Å². The molecule has 1 unspecified atom stereocenters. The van der Waals surface area contributed by atoms with Crippen LogP contribution in [0.25, 0.3) is 11.1 Å². The minimum Gasteiger partial charge on any atom is -0.481 e. The summed E-state index contributed by atoms with van der Waals surface area (Å²) in [6, 6.07) is 16.8. The Morgan fingerprint density at radius 3 is 2.53 bits per heavy atom. The first kappa shape index (κ1) is 27.7. The number of para-hydroxylation sites is 1. The SMILES string of the molecule is CCn1c(SCC(=O)Nc2sc(C)c(-c3ccccc3)c2C(=O)OC)nnc1C(C)Oc1ccccc1Cl. The van der Waals surface area contributed by atoms with Gasteiger partial charge in [-0.3, -0.25) is 4.79 Å². The second-order valence-corrected chi connectivity index (χ2v) is 10.8. The van der Waals surface area contributed by atoms with E-state index in [4.69, 9.17) is 21.1 Å². The Morgan fingerprint density at radius 2 is 1.84 bits per heavy atom. The van der Waals surface area contributed by atoms with Crippen LogP contribution < -0.4 is 10.1 Å². The molecule has 38 heavy (non-hydrogen) atoms. The number of anilines is 1. The molecule has 0 bridgehead atoms. The van der Waals surface area contributed by atoms with Crippen molar-refractivity contribution in [2.24, 2.45) is 0 Å². The third-order valence-corrected chi connectivity index (χ3v) is 7.99. The Bertz CT molecular complexity index is 1440. The van der Waals surface area contributed by atoms with E-state index in [1.54, 1.807) is 12.1 Å². The number of benzene rings is 2. The molecule has 1 amide bonds. The number of amides is 1. The summed E-state index contributed by atoms with van der Waals surface area (Å²) >= 11 is 8.83. The first-order valence-corrected chi connectivity index (χ1v) is 14.1. The smallest absolute Gasteiger partial charge is 0.341 e.